The maximum Gasteiger partial charge on any atom is 0.183 e. The van der Waals surface area contributed by atoms with Crippen LogP contribution in [0.1, 0.15) is 12.8 Å². The summed E-state index contributed by atoms with van der Waals surface area (Å²) in [7, 11) is 0. The number of aromatic hydroxyl groups is 2. The van der Waals surface area contributed by atoms with Crippen LogP contribution in [0.15, 0.2) is 54.0 Å². The molecule has 6 heteroatoms. The molecule has 0 radical (unpaired) electrons. The SMILES string of the molecule is Oc1ccccc1O.[C-]1=C(n2[cH+]sc3ccccc32)OCCC1.[Pt]. The molecule has 0 saturated heterocycles. The third-order valence-electron chi connectivity index (χ3n) is 3.35. The van der Waals surface area contributed by atoms with Crippen molar-refractivity contribution in [1.82, 2.24) is 4.57 Å². The molecule has 24 heavy (non-hydrogen) atoms. The first-order chi connectivity index (χ1) is 11.3. The van der Waals surface area contributed by atoms with E-state index in [1.807, 2.05) is 0 Å². The molecule has 0 unspecified atom stereocenters. The van der Waals surface area contributed by atoms with Crippen molar-refractivity contribution in [3.63, 3.8) is 0 Å². The van der Waals surface area contributed by atoms with Crippen LogP contribution < -0.4 is 0 Å². The van der Waals surface area contributed by atoms with Crippen LogP contribution in [-0.4, -0.2) is 21.4 Å². The average Bonchev–Trinajstić information content (AvgIpc) is 3.03. The van der Waals surface area contributed by atoms with Gasteiger partial charge in [-0.25, -0.2) is 0 Å². The number of para-hydroxylation sites is 3. The van der Waals surface area contributed by atoms with E-state index in [2.05, 4.69) is 40.4 Å². The van der Waals surface area contributed by atoms with Crippen molar-refractivity contribution in [1.29, 1.82) is 0 Å². The van der Waals surface area contributed by atoms with Gasteiger partial charge in [-0.2, -0.15) is 11.0 Å². The molecule has 1 aromatic heterocycles. The van der Waals surface area contributed by atoms with E-state index in [-0.39, 0.29) is 32.6 Å². The molecular weight excluding hydrogens is 505 g/mol. The number of rotatable bonds is 1. The fourth-order valence-corrected chi connectivity index (χ4v) is 3.06. The first-order valence-electron chi connectivity index (χ1n) is 7.34. The van der Waals surface area contributed by atoms with Gasteiger partial charge in [-0.15, -0.1) is 0 Å². The Labute approximate surface area is 158 Å². The number of ether oxygens (including phenoxy) is 1. The van der Waals surface area contributed by atoms with Crippen molar-refractivity contribution in [2.75, 3.05) is 6.61 Å². The van der Waals surface area contributed by atoms with Crippen molar-refractivity contribution in [2.24, 2.45) is 0 Å². The predicted octanol–water partition coefficient (Wildman–Crippen LogP) is 4.49. The van der Waals surface area contributed by atoms with Gasteiger partial charge in [0.15, 0.2) is 27.2 Å². The Balaban J connectivity index is 0.000000199. The van der Waals surface area contributed by atoms with Crippen LogP contribution in [0.2, 0.25) is 0 Å². The number of phenols is 2. The minimum atomic E-state index is -0.0764. The predicted molar refractivity (Wildman–Crippen MR) is 92.1 cm³/mol. The van der Waals surface area contributed by atoms with Crippen LogP contribution in [0.25, 0.3) is 16.1 Å². The number of phenolic OH excluding ortho intramolecular Hbond substituents is 2. The summed E-state index contributed by atoms with van der Waals surface area (Å²) in [6, 6.07) is 14.5. The van der Waals surface area contributed by atoms with Gasteiger partial charge in [0.2, 0.25) is 0 Å². The normalized spacial score (nSPS) is 13.1. The standard InChI is InChI=1S/C12H11NOS.C6H6O2.Pt/c1-2-6-11-10(5-1)13(9-15-11)12-7-3-4-8-14-12;7-5-3-1-2-4-6(5)8;/h1-2,5-6,9H,3-4,8H2;1-4,7-8H;. The Bertz CT molecular complexity index is 811. The van der Waals surface area contributed by atoms with E-state index < -0.39 is 0 Å². The maximum atomic E-state index is 8.67. The number of benzene rings is 2. The van der Waals surface area contributed by atoms with Crippen LogP contribution in [0.3, 0.4) is 0 Å². The monoisotopic (exact) mass is 522 g/mol. The molecule has 0 spiro atoms. The van der Waals surface area contributed by atoms with Crippen molar-refractivity contribution >= 4 is 27.4 Å². The Morgan fingerprint density at radius 2 is 1.71 bits per heavy atom. The zero-order valence-corrected chi connectivity index (χ0v) is 15.9. The topological polar surface area (TPSA) is 54.6 Å². The van der Waals surface area contributed by atoms with Gasteiger partial charge in [0.05, 0.1) is 12.5 Å². The largest absolute Gasteiger partial charge is 0.504 e. The first kappa shape index (κ1) is 18.5. The second-order valence-electron chi connectivity index (χ2n) is 4.98. The second kappa shape index (κ2) is 8.86. The summed E-state index contributed by atoms with van der Waals surface area (Å²) in [5.74, 6) is 0.707. The molecule has 128 valence electrons. The number of hydrogen-bond donors (Lipinski definition) is 2. The minimum Gasteiger partial charge on any atom is -0.504 e. The molecule has 4 nitrogen and oxygen atoms in total. The summed E-state index contributed by atoms with van der Waals surface area (Å²) in [5, 5.41) is 17.3. The van der Waals surface area contributed by atoms with Crippen molar-refractivity contribution in [2.45, 2.75) is 12.8 Å². The molecule has 2 heterocycles. The first-order valence-corrected chi connectivity index (χ1v) is 8.22. The molecule has 0 atom stereocenters. The van der Waals surface area contributed by atoms with Crippen molar-refractivity contribution < 1.29 is 36.0 Å². The quantitative estimate of drug-likeness (QED) is 0.366. The average molecular weight is 522 g/mol. The summed E-state index contributed by atoms with van der Waals surface area (Å²) in [6.07, 6.45) is 5.35. The summed E-state index contributed by atoms with van der Waals surface area (Å²) in [5.41, 5.74) is 3.28. The summed E-state index contributed by atoms with van der Waals surface area (Å²) in [6.45, 7) is 0.805. The van der Waals surface area contributed by atoms with Crippen LogP contribution >= 0.6 is 11.3 Å². The fourth-order valence-electron chi connectivity index (χ4n) is 2.19. The van der Waals surface area contributed by atoms with E-state index in [0.717, 1.165) is 25.3 Å². The van der Waals surface area contributed by atoms with Gasteiger partial charge in [-0.1, -0.05) is 12.1 Å². The van der Waals surface area contributed by atoms with Gasteiger partial charge in [-0.05, 0) is 42.0 Å². The van der Waals surface area contributed by atoms with Gasteiger partial charge in [0, 0.05) is 33.2 Å². The van der Waals surface area contributed by atoms with Gasteiger partial charge in [0.1, 0.15) is 0 Å². The van der Waals surface area contributed by atoms with Crippen LogP contribution in [0, 0.1) is 6.08 Å². The Kier molecular flexibility index (Phi) is 6.83. The molecule has 4 rings (SSSR count). The third kappa shape index (κ3) is 4.37. The molecule has 0 aliphatic carbocycles. The van der Waals surface area contributed by atoms with E-state index in [0.29, 0.717) is 0 Å². The van der Waals surface area contributed by atoms with Gasteiger partial charge in [0.25, 0.3) is 0 Å². The number of nitrogens with zero attached hydrogens (tertiary/aromatic N) is 1. The molecular formula is C18H17NO3PtS. The van der Waals surface area contributed by atoms with Gasteiger partial charge < -0.3 is 21.0 Å². The van der Waals surface area contributed by atoms with E-state index in [4.69, 9.17) is 14.9 Å². The van der Waals surface area contributed by atoms with Crippen LogP contribution in [0.4, 0.5) is 0 Å². The van der Waals surface area contributed by atoms with Crippen molar-refractivity contribution in [3.05, 3.63) is 60.1 Å². The Hall–Kier alpha value is -1.84. The van der Waals surface area contributed by atoms with E-state index in [1.165, 1.54) is 22.3 Å². The number of aromatic nitrogens is 1. The van der Waals surface area contributed by atoms with Crippen LogP contribution in [-0.2, 0) is 25.8 Å². The van der Waals surface area contributed by atoms with E-state index >= 15 is 0 Å². The number of allylic oxidation sites excluding steroid dienone is 1. The molecule has 3 aromatic rings. The number of thiazole rings is 1. The zero-order valence-electron chi connectivity index (χ0n) is 12.8. The Morgan fingerprint density at radius 3 is 2.33 bits per heavy atom. The van der Waals surface area contributed by atoms with Crippen LogP contribution in [0.5, 0.6) is 11.5 Å². The summed E-state index contributed by atoms with van der Waals surface area (Å²) < 4.78 is 8.97. The molecule has 0 amide bonds. The third-order valence-corrected chi connectivity index (χ3v) is 4.26. The van der Waals surface area contributed by atoms with Gasteiger partial charge in [-0.3, -0.25) is 0 Å². The molecule has 0 saturated carbocycles. The van der Waals surface area contributed by atoms with E-state index in [9.17, 15) is 0 Å². The van der Waals surface area contributed by atoms with Crippen molar-refractivity contribution in [3.8, 4) is 11.5 Å². The number of fused-ring (bicyclic) bond motifs is 1. The molecule has 0 bridgehead atoms. The van der Waals surface area contributed by atoms with E-state index in [1.54, 1.807) is 23.5 Å². The molecule has 2 N–H and O–H groups in total. The molecule has 1 aliphatic heterocycles. The Morgan fingerprint density at radius 1 is 1.04 bits per heavy atom. The maximum absolute atomic E-state index is 8.67. The second-order valence-corrected chi connectivity index (χ2v) is 5.87. The summed E-state index contributed by atoms with van der Waals surface area (Å²) in [4.78, 5) is 0. The minimum absolute atomic E-state index is 0. The molecule has 1 aliphatic rings. The van der Waals surface area contributed by atoms with Gasteiger partial charge >= 0.3 is 0 Å². The number of hydrogen-bond acceptors (Lipinski definition) is 4. The summed E-state index contributed by atoms with van der Waals surface area (Å²) >= 11 is 1.73. The zero-order chi connectivity index (χ0) is 16.1. The fraction of sp³-hybridized carbons (Fsp3) is 0.167. The molecule has 2 aromatic carbocycles. The molecule has 0 fully saturated rings. The smallest absolute Gasteiger partial charge is 0.183 e.